The topological polar surface area (TPSA) is 77.3 Å². The van der Waals surface area contributed by atoms with Gasteiger partial charge in [-0.2, -0.15) is 22.6 Å². The first-order chi connectivity index (χ1) is 14.2. The third-order valence-corrected chi connectivity index (χ3v) is 7.48. The minimum absolute atomic E-state index is 0.150. The number of benzene rings is 1. The molecule has 1 atom stereocenters. The summed E-state index contributed by atoms with van der Waals surface area (Å²) in [4.78, 5) is 4.22. The van der Waals surface area contributed by atoms with Gasteiger partial charge in [0.2, 0.25) is 10.0 Å². The fourth-order valence-electron chi connectivity index (χ4n) is 4.06. The predicted molar refractivity (Wildman–Crippen MR) is 101 cm³/mol. The SMILES string of the molecule is Cc1nc(C2CCOCC2)n(C2CCN(S(=O)(=O)c3cccc(C(F)(F)F)c3)C2)n1. The molecule has 3 heterocycles. The monoisotopic (exact) mass is 444 g/mol. The number of halogens is 3. The van der Waals surface area contributed by atoms with Crippen molar-refractivity contribution in [3.8, 4) is 0 Å². The molecule has 2 saturated heterocycles. The van der Waals surface area contributed by atoms with Crippen LogP contribution in [-0.2, 0) is 20.9 Å². The van der Waals surface area contributed by atoms with Crippen molar-refractivity contribution in [2.75, 3.05) is 26.3 Å². The van der Waals surface area contributed by atoms with E-state index in [0.29, 0.717) is 31.5 Å². The van der Waals surface area contributed by atoms with Gasteiger partial charge in [0, 0.05) is 32.2 Å². The summed E-state index contributed by atoms with van der Waals surface area (Å²) >= 11 is 0. The first-order valence-electron chi connectivity index (χ1n) is 9.84. The van der Waals surface area contributed by atoms with Crippen molar-refractivity contribution in [2.45, 2.75) is 49.2 Å². The summed E-state index contributed by atoms with van der Waals surface area (Å²) in [6.45, 7) is 3.47. The molecular formula is C19H23F3N4O3S. The van der Waals surface area contributed by atoms with Crippen molar-refractivity contribution in [1.29, 1.82) is 0 Å². The second kappa shape index (κ2) is 7.93. The summed E-state index contributed by atoms with van der Waals surface area (Å²) < 4.78 is 73.4. The smallest absolute Gasteiger partial charge is 0.381 e. The van der Waals surface area contributed by atoms with Crippen LogP contribution in [0.4, 0.5) is 13.2 Å². The quantitative estimate of drug-likeness (QED) is 0.724. The van der Waals surface area contributed by atoms with Gasteiger partial charge in [0.15, 0.2) is 0 Å². The zero-order chi connectivity index (χ0) is 21.5. The molecule has 2 fully saturated rings. The Kier molecular flexibility index (Phi) is 5.62. The lowest BCUT2D eigenvalue weighted by molar-refractivity contribution is -0.137. The normalized spacial score (nSPS) is 21.9. The van der Waals surface area contributed by atoms with Gasteiger partial charge in [-0.15, -0.1) is 0 Å². The third kappa shape index (κ3) is 4.10. The molecule has 2 aromatic rings. The summed E-state index contributed by atoms with van der Waals surface area (Å²) in [5.74, 6) is 1.66. The summed E-state index contributed by atoms with van der Waals surface area (Å²) in [5, 5.41) is 4.50. The fraction of sp³-hybridized carbons (Fsp3) is 0.579. The molecule has 7 nitrogen and oxygen atoms in total. The molecule has 4 rings (SSSR count). The zero-order valence-corrected chi connectivity index (χ0v) is 17.3. The molecule has 0 spiro atoms. The van der Waals surface area contributed by atoms with Gasteiger partial charge in [0.1, 0.15) is 11.6 Å². The van der Waals surface area contributed by atoms with Gasteiger partial charge < -0.3 is 4.74 Å². The summed E-state index contributed by atoms with van der Waals surface area (Å²) in [6.07, 6.45) is -2.42. The van der Waals surface area contributed by atoms with Crippen LogP contribution < -0.4 is 0 Å². The van der Waals surface area contributed by atoms with E-state index in [9.17, 15) is 21.6 Å². The predicted octanol–water partition coefficient (Wildman–Crippen LogP) is 3.14. The highest BCUT2D eigenvalue weighted by molar-refractivity contribution is 7.89. The van der Waals surface area contributed by atoms with Crippen LogP contribution in [0.5, 0.6) is 0 Å². The van der Waals surface area contributed by atoms with Crippen LogP contribution in [0.15, 0.2) is 29.2 Å². The highest BCUT2D eigenvalue weighted by Gasteiger charge is 2.37. The van der Waals surface area contributed by atoms with Crippen molar-refractivity contribution in [1.82, 2.24) is 19.1 Å². The Labute approximate surface area is 172 Å². The second-order valence-electron chi connectivity index (χ2n) is 7.68. The van der Waals surface area contributed by atoms with E-state index in [0.717, 1.165) is 30.8 Å². The number of alkyl halides is 3. The molecule has 1 aromatic heterocycles. The molecule has 0 bridgehead atoms. The maximum Gasteiger partial charge on any atom is 0.416 e. The molecule has 30 heavy (non-hydrogen) atoms. The number of aryl methyl sites for hydroxylation is 1. The minimum atomic E-state index is -4.60. The summed E-state index contributed by atoms with van der Waals surface area (Å²) in [6, 6.07) is 3.67. The Morgan fingerprint density at radius 3 is 2.60 bits per heavy atom. The molecule has 0 amide bonds. The highest BCUT2D eigenvalue weighted by atomic mass is 32.2. The number of aromatic nitrogens is 3. The first-order valence-corrected chi connectivity index (χ1v) is 11.3. The van der Waals surface area contributed by atoms with Gasteiger partial charge in [-0.05, 0) is 44.4 Å². The van der Waals surface area contributed by atoms with Gasteiger partial charge in [-0.3, -0.25) is 0 Å². The molecule has 1 aromatic carbocycles. The van der Waals surface area contributed by atoms with Crippen LogP contribution in [0.2, 0.25) is 0 Å². The molecule has 0 radical (unpaired) electrons. The van der Waals surface area contributed by atoms with Crippen LogP contribution in [0.3, 0.4) is 0 Å². The van der Waals surface area contributed by atoms with Crippen LogP contribution in [0.25, 0.3) is 0 Å². The van der Waals surface area contributed by atoms with E-state index in [1.807, 2.05) is 4.68 Å². The largest absolute Gasteiger partial charge is 0.416 e. The van der Waals surface area contributed by atoms with Gasteiger partial charge in [-0.1, -0.05) is 6.07 Å². The van der Waals surface area contributed by atoms with E-state index < -0.39 is 21.8 Å². The summed E-state index contributed by atoms with van der Waals surface area (Å²) in [5.41, 5.74) is -0.979. The van der Waals surface area contributed by atoms with Crippen LogP contribution in [-0.4, -0.2) is 53.8 Å². The number of hydrogen-bond acceptors (Lipinski definition) is 5. The van der Waals surface area contributed by atoms with E-state index in [4.69, 9.17) is 4.74 Å². The van der Waals surface area contributed by atoms with E-state index in [-0.39, 0.29) is 29.9 Å². The molecule has 2 aliphatic rings. The molecule has 164 valence electrons. The van der Waals surface area contributed by atoms with Crippen molar-refractivity contribution in [3.05, 3.63) is 41.5 Å². The maximum atomic E-state index is 13.0. The standard InChI is InChI=1S/C19H23F3N4O3S/c1-13-23-18(14-6-9-29-10-7-14)26(24-13)16-5-8-25(12-16)30(27,28)17-4-2-3-15(11-17)19(20,21)22/h2-4,11,14,16H,5-10,12H2,1H3. The van der Waals surface area contributed by atoms with E-state index >= 15 is 0 Å². The Hall–Kier alpha value is -1.98. The Bertz CT molecular complexity index is 1020. The maximum absolute atomic E-state index is 13.0. The first kappa shape index (κ1) is 21.3. The lowest BCUT2D eigenvalue weighted by Gasteiger charge is -2.23. The number of ether oxygens (including phenoxy) is 1. The molecule has 2 aliphatic heterocycles. The van der Waals surface area contributed by atoms with Gasteiger partial charge >= 0.3 is 6.18 Å². The Morgan fingerprint density at radius 1 is 1.17 bits per heavy atom. The lowest BCUT2D eigenvalue weighted by atomic mass is 9.99. The van der Waals surface area contributed by atoms with Gasteiger partial charge in [-0.25, -0.2) is 18.1 Å². The minimum Gasteiger partial charge on any atom is -0.381 e. The molecule has 11 heteroatoms. The Morgan fingerprint density at radius 2 is 1.90 bits per heavy atom. The van der Waals surface area contributed by atoms with E-state index in [1.165, 1.54) is 10.4 Å². The third-order valence-electron chi connectivity index (χ3n) is 5.62. The van der Waals surface area contributed by atoms with Crippen molar-refractivity contribution < 1.29 is 26.3 Å². The number of nitrogens with zero attached hydrogens (tertiary/aromatic N) is 4. The molecule has 1 unspecified atom stereocenters. The summed E-state index contributed by atoms with van der Waals surface area (Å²) in [7, 11) is -4.04. The number of hydrogen-bond donors (Lipinski definition) is 0. The van der Waals surface area contributed by atoms with Crippen LogP contribution in [0, 0.1) is 6.92 Å². The van der Waals surface area contributed by atoms with Crippen molar-refractivity contribution in [2.24, 2.45) is 0 Å². The molecule has 0 saturated carbocycles. The van der Waals surface area contributed by atoms with E-state index in [2.05, 4.69) is 10.1 Å². The van der Waals surface area contributed by atoms with Crippen molar-refractivity contribution in [3.63, 3.8) is 0 Å². The number of sulfonamides is 1. The molecule has 0 aliphatic carbocycles. The molecular weight excluding hydrogens is 421 g/mol. The highest BCUT2D eigenvalue weighted by Crippen LogP contribution is 2.34. The zero-order valence-electron chi connectivity index (χ0n) is 16.5. The fourth-order valence-corrected chi connectivity index (χ4v) is 5.60. The van der Waals surface area contributed by atoms with Crippen molar-refractivity contribution >= 4 is 10.0 Å². The van der Waals surface area contributed by atoms with Gasteiger partial charge in [0.05, 0.1) is 16.5 Å². The van der Waals surface area contributed by atoms with Gasteiger partial charge in [0.25, 0.3) is 0 Å². The average molecular weight is 444 g/mol. The Balaban J connectivity index is 1.56. The van der Waals surface area contributed by atoms with Crippen LogP contribution in [0.1, 0.15) is 48.4 Å². The second-order valence-corrected chi connectivity index (χ2v) is 9.62. The lowest BCUT2D eigenvalue weighted by Crippen LogP contribution is -2.30. The van der Waals surface area contributed by atoms with E-state index in [1.54, 1.807) is 6.92 Å². The number of rotatable bonds is 4. The molecule has 0 N–H and O–H groups in total. The average Bonchev–Trinajstić information content (AvgIpc) is 3.35. The van der Waals surface area contributed by atoms with Crippen LogP contribution >= 0.6 is 0 Å².